The third-order valence-electron chi connectivity index (χ3n) is 3.37. The molecule has 0 aliphatic carbocycles. The van der Waals surface area contributed by atoms with E-state index in [1.54, 1.807) is 6.92 Å². The van der Waals surface area contributed by atoms with E-state index in [-0.39, 0.29) is 30.4 Å². The fraction of sp³-hybridized carbons (Fsp3) is 0.533. The SMILES string of the molecule is CC(COc1ccc(F)cc1F)NC(=O)[C@H]1NCCO[C@@H]1C. The normalized spacial score (nSPS) is 22.9. The lowest BCUT2D eigenvalue weighted by Gasteiger charge is -2.30. The zero-order chi connectivity index (χ0) is 16.1. The van der Waals surface area contributed by atoms with Gasteiger partial charge < -0.3 is 20.1 Å². The van der Waals surface area contributed by atoms with Crippen LogP contribution in [0, 0.1) is 11.6 Å². The monoisotopic (exact) mass is 314 g/mol. The molecule has 0 bridgehead atoms. The van der Waals surface area contributed by atoms with Crippen LogP contribution in [0.25, 0.3) is 0 Å². The quantitative estimate of drug-likeness (QED) is 0.858. The number of hydrogen-bond donors (Lipinski definition) is 2. The van der Waals surface area contributed by atoms with Crippen LogP contribution in [0.2, 0.25) is 0 Å². The van der Waals surface area contributed by atoms with Gasteiger partial charge in [-0.05, 0) is 26.0 Å². The first-order valence-electron chi connectivity index (χ1n) is 7.20. The van der Waals surface area contributed by atoms with Gasteiger partial charge in [0.2, 0.25) is 5.91 Å². The Bertz CT molecular complexity index is 528. The number of amides is 1. The topological polar surface area (TPSA) is 59.6 Å². The number of hydrogen-bond acceptors (Lipinski definition) is 4. The van der Waals surface area contributed by atoms with Gasteiger partial charge in [-0.3, -0.25) is 4.79 Å². The Morgan fingerprint density at radius 3 is 3.00 bits per heavy atom. The Labute approximate surface area is 128 Å². The first-order valence-corrected chi connectivity index (χ1v) is 7.20. The van der Waals surface area contributed by atoms with Crippen molar-refractivity contribution in [2.45, 2.75) is 32.0 Å². The summed E-state index contributed by atoms with van der Waals surface area (Å²) in [6.45, 7) is 4.84. The van der Waals surface area contributed by atoms with Gasteiger partial charge in [-0.2, -0.15) is 0 Å². The standard InChI is InChI=1S/C15H20F2N2O3/c1-9(8-22-13-4-3-11(16)7-12(13)17)19-15(20)14-10(2)21-6-5-18-14/h3-4,7,9-10,14,18H,5-6,8H2,1-2H3,(H,19,20)/t9?,10-,14+/m1/s1. The van der Waals surface area contributed by atoms with Gasteiger partial charge >= 0.3 is 0 Å². The molecule has 3 atom stereocenters. The number of rotatable bonds is 5. The number of nitrogens with one attached hydrogen (secondary N) is 2. The maximum absolute atomic E-state index is 13.4. The maximum atomic E-state index is 13.4. The minimum absolute atomic E-state index is 0.0463. The highest BCUT2D eigenvalue weighted by Gasteiger charge is 2.28. The number of benzene rings is 1. The van der Waals surface area contributed by atoms with Gasteiger partial charge in [0.05, 0.1) is 18.8 Å². The van der Waals surface area contributed by atoms with Gasteiger partial charge in [-0.15, -0.1) is 0 Å². The van der Waals surface area contributed by atoms with Crippen molar-refractivity contribution in [1.82, 2.24) is 10.6 Å². The summed E-state index contributed by atoms with van der Waals surface area (Å²) in [6, 6.07) is 2.35. The fourth-order valence-corrected chi connectivity index (χ4v) is 2.21. The molecule has 122 valence electrons. The molecule has 2 rings (SSSR count). The molecule has 1 saturated heterocycles. The van der Waals surface area contributed by atoms with E-state index in [9.17, 15) is 13.6 Å². The van der Waals surface area contributed by atoms with Crippen LogP contribution in [0.1, 0.15) is 13.8 Å². The van der Waals surface area contributed by atoms with Crippen molar-refractivity contribution in [2.24, 2.45) is 0 Å². The summed E-state index contributed by atoms with van der Waals surface area (Å²) in [5.41, 5.74) is 0. The van der Waals surface area contributed by atoms with E-state index in [2.05, 4.69) is 10.6 Å². The van der Waals surface area contributed by atoms with E-state index in [1.807, 2.05) is 6.92 Å². The molecule has 1 unspecified atom stereocenters. The summed E-state index contributed by atoms with van der Waals surface area (Å²) in [5.74, 6) is -1.67. The number of carbonyl (C=O) groups excluding carboxylic acids is 1. The molecule has 7 heteroatoms. The zero-order valence-corrected chi connectivity index (χ0v) is 12.6. The van der Waals surface area contributed by atoms with Crippen LogP contribution in [0.15, 0.2) is 18.2 Å². The highest BCUT2D eigenvalue weighted by molar-refractivity contribution is 5.82. The molecular formula is C15H20F2N2O3. The molecule has 2 N–H and O–H groups in total. The molecule has 0 spiro atoms. The van der Waals surface area contributed by atoms with E-state index in [0.717, 1.165) is 12.1 Å². The first-order chi connectivity index (χ1) is 10.5. The molecule has 1 heterocycles. The van der Waals surface area contributed by atoms with E-state index in [0.29, 0.717) is 13.2 Å². The summed E-state index contributed by atoms with van der Waals surface area (Å²) < 4.78 is 36.9. The maximum Gasteiger partial charge on any atom is 0.240 e. The molecule has 1 aromatic rings. The number of carbonyl (C=O) groups is 1. The molecule has 1 fully saturated rings. The van der Waals surface area contributed by atoms with Gasteiger partial charge in [0.1, 0.15) is 18.5 Å². The van der Waals surface area contributed by atoms with E-state index in [4.69, 9.17) is 9.47 Å². The van der Waals surface area contributed by atoms with E-state index >= 15 is 0 Å². The lowest BCUT2D eigenvalue weighted by molar-refractivity contribution is -0.129. The highest BCUT2D eigenvalue weighted by atomic mass is 19.1. The van der Waals surface area contributed by atoms with E-state index in [1.165, 1.54) is 6.07 Å². The average Bonchev–Trinajstić information content (AvgIpc) is 2.46. The van der Waals surface area contributed by atoms with Crippen LogP contribution in [-0.2, 0) is 9.53 Å². The molecule has 0 saturated carbocycles. The van der Waals surface area contributed by atoms with Crippen LogP contribution in [0.4, 0.5) is 8.78 Å². The predicted molar refractivity (Wildman–Crippen MR) is 76.7 cm³/mol. The Hall–Kier alpha value is -1.73. The molecule has 5 nitrogen and oxygen atoms in total. The smallest absolute Gasteiger partial charge is 0.240 e. The second-order valence-electron chi connectivity index (χ2n) is 5.30. The van der Waals surface area contributed by atoms with Crippen LogP contribution in [0.3, 0.4) is 0 Å². The number of halogens is 2. The summed E-state index contributed by atoms with van der Waals surface area (Å²) in [6.07, 6.45) is -0.212. The van der Waals surface area contributed by atoms with Crippen molar-refractivity contribution >= 4 is 5.91 Å². The van der Waals surface area contributed by atoms with Crippen molar-refractivity contribution in [3.8, 4) is 5.75 Å². The second-order valence-corrected chi connectivity index (χ2v) is 5.30. The molecule has 1 amide bonds. The third-order valence-corrected chi connectivity index (χ3v) is 3.37. The van der Waals surface area contributed by atoms with Crippen LogP contribution in [-0.4, -0.2) is 43.9 Å². The summed E-state index contributed by atoms with van der Waals surface area (Å²) in [7, 11) is 0. The van der Waals surface area contributed by atoms with Crippen LogP contribution in [0.5, 0.6) is 5.75 Å². The predicted octanol–water partition coefficient (Wildman–Crippen LogP) is 1.23. The Balaban J connectivity index is 1.82. The Morgan fingerprint density at radius 2 is 2.32 bits per heavy atom. The number of ether oxygens (including phenoxy) is 2. The third kappa shape index (κ3) is 4.38. The van der Waals surface area contributed by atoms with Crippen molar-refractivity contribution in [1.29, 1.82) is 0 Å². The summed E-state index contributed by atoms with van der Waals surface area (Å²) in [4.78, 5) is 12.1. The zero-order valence-electron chi connectivity index (χ0n) is 12.6. The van der Waals surface area contributed by atoms with Gasteiger partial charge in [-0.25, -0.2) is 8.78 Å². The molecule has 1 aliphatic rings. The van der Waals surface area contributed by atoms with Crippen molar-refractivity contribution in [2.75, 3.05) is 19.8 Å². The van der Waals surface area contributed by atoms with Crippen molar-refractivity contribution < 1.29 is 23.0 Å². The minimum atomic E-state index is -0.769. The van der Waals surface area contributed by atoms with E-state index < -0.39 is 17.7 Å². The number of morpholine rings is 1. The largest absolute Gasteiger partial charge is 0.488 e. The van der Waals surface area contributed by atoms with Crippen molar-refractivity contribution in [3.63, 3.8) is 0 Å². The molecule has 0 aromatic heterocycles. The Kier molecular flexibility index (Phi) is 5.68. The molecule has 1 aromatic carbocycles. The average molecular weight is 314 g/mol. The molecule has 1 aliphatic heterocycles. The lowest BCUT2D eigenvalue weighted by Crippen LogP contribution is -2.57. The highest BCUT2D eigenvalue weighted by Crippen LogP contribution is 2.17. The fourth-order valence-electron chi connectivity index (χ4n) is 2.21. The Morgan fingerprint density at radius 1 is 1.55 bits per heavy atom. The van der Waals surface area contributed by atoms with Gasteiger partial charge in [0, 0.05) is 12.6 Å². The molecule has 22 heavy (non-hydrogen) atoms. The van der Waals surface area contributed by atoms with Gasteiger partial charge in [0.25, 0.3) is 0 Å². The van der Waals surface area contributed by atoms with Gasteiger partial charge in [0.15, 0.2) is 11.6 Å². The lowest BCUT2D eigenvalue weighted by atomic mass is 10.1. The minimum Gasteiger partial charge on any atom is -0.488 e. The van der Waals surface area contributed by atoms with Crippen LogP contribution >= 0.6 is 0 Å². The van der Waals surface area contributed by atoms with Crippen LogP contribution < -0.4 is 15.4 Å². The summed E-state index contributed by atoms with van der Waals surface area (Å²) in [5, 5.41) is 5.86. The molecule has 0 radical (unpaired) electrons. The summed E-state index contributed by atoms with van der Waals surface area (Å²) >= 11 is 0. The second kappa shape index (κ2) is 7.51. The molecular weight excluding hydrogens is 294 g/mol. The van der Waals surface area contributed by atoms with Crippen molar-refractivity contribution in [3.05, 3.63) is 29.8 Å². The van der Waals surface area contributed by atoms with Gasteiger partial charge in [-0.1, -0.05) is 0 Å². The first kappa shape index (κ1) is 16.6.